The molecule has 1 amide bonds. The lowest BCUT2D eigenvalue weighted by Crippen LogP contribution is -2.55. The van der Waals surface area contributed by atoms with E-state index < -0.39 is 0 Å². The van der Waals surface area contributed by atoms with Gasteiger partial charge in [-0.25, -0.2) is 0 Å². The van der Waals surface area contributed by atoms with Crippen molar-refractivity contribution in [2.24, 2.45) is 0 Å². The average molecular weight is 293 g/mol. The molecule has 1 aliphatic heterocycles. The Hall–Kier alpha value is -1.63. The Morgan fingerprint density at radius 2 is 2.38 bits per heavy atom. The first-order valence-corrected chi connectivity index (χ1v) is 7.15. The molecule has 6 heteroatoms. The smallest absolute Gasteiger partial charge is 0.241 e. The lowest BCUT2D eigenvalue weighted by Gasteiger charge is -2.37. The fourth-order valence-corrected chi connectivity index (χ4v) is 2.51. The molecule has 6 nitrogen and oxygen atoms in total. The van der Waals surface area contributed by atoms with E-state index in [1.165, 1.54) is 0 Å². The molecule has 1 fully saturated rings. The van der Waals surface area contributed by atoms with Crippen LogP contribution in [0.15, 0.2) is 18.2 Å². The summed E-state index contributed by atoms with van der Waals surface area (Å²) in [5.41, 5.74) is 8.08. The van der Waals surface area contributed by atoms with Crippen molar-refractivity contribution in [2.45, 2.75) is 25.9 Å². The predicted molar refractivity (Wildman–Crippen MR) is 82.1 cm³/mol. The number of hydrogen-bond acceptors (Lipinski definition) is 5. The number of nitrogens with one attached hydrogen (secondary N) is 1. The van der Waals surface area contributed by atoms with Gasteiger partial charge in [0, 0.05) is 17.9 Å². The summed E-state index contributed by atoms with van der Waals surface area (Å²) in [6, 6.07) is 4.97. The highest BCUT2D eigenvalue weighted by Crippen LogP contribution is 2.21. The summed E-state index contributed by atoms with van der Waals surface area (Å²) < 4.78 is 5.34. The second-order valence-electron chi connectivity index (χ2n) is 5.33. The van der Waals surface area contributed by atoms with Gasteiger partial charge in [0.05, 0.1) is 31.9 Å². The fraction of sp³-hybridized carbons (Fsp3) is 0.533. The molecule has 0 aromatic heterocycles. The highest BCUT2D eigenvalue weighted by Gasteiger charge is 2.30. The van der Waals surface area contributed by atoms with E-state index in [1.807, 2.05) is 30.9 Å². The van der Waals surface area contributed by atoms with Crippen molar-refractivity contribution >= 4 is 17.3 Å². The molecular formula is C15H23N3O3. The molecule has 1 saturated heterocycles. The summed E-state index contributed by atoms with van der Waals surface area (Å²) in [5, 5.41) is 12.3. The zero-order chi connectivity index (χ0) is 15.4. The number of aliphatic hydroxyl groups excluding tert-OH is 1. The number of hydrogen-bond donors (Lipinski definition) is 3. The standard InChI is InChI=1S/C15H23N3O3/c1-10-13(16)4-3-5-14(10)17-15(20)11(2)18-6-7-21-9-12(18)8-19/h3-5,11-12,19H,6-9,16H2,1-2H3,(H,17,20). The molecule has 2 unspecified atom stereocenters. The SMILES string of the molecule is Cc1c(N)cccc1NC(=O)C(C)N1CCOCC1CO. The average Bonchev–Trinajstić information content (AvgIpc) is 2.51. The van der Waals surface area contributed by atoms with Crippen LogP contribution >= 0.6 is 0 Å². The minimum absolute atomic E-state index is 0.0189. The van der Waals surface area contributed by atoms with Crippen molar-refractivity contribution in [2.75, 3.05) is 37.4 Å². The number of carbonyl (C=O) groups is 1. The van der Waals surface area contributed by atoms with E-state index in [9.17, 15) is 9.90 Å². The van der Waals surface area contributed by atoms with Gasteiger partial charge in [-0.1, -0.05) is 6.07 Å². The van der Waals surface area contributed by atoms with Gasteiger partial charge in [0.25, 0.3) is 0 Å². The molecular weight excluding hydrogens is 270 g/mol. The first kappa shape index (κ1) is 15.8. The Morgan fingerprint density at radius 3 is 3.10 bits per heavy atom. The van der Waals surface area contributed by atoms with Crippen LogP contribution in [0.25, 0.3) is 0 Å². The van der Waals surface area contributed by atoms with Gasteiger partial charge in [-0.05, 0) is 31.5 Å². The van der Waals surface area contributed by atoms with Crippen molar-refractivity contribution in [3.05, 3.63) is 23.8 Å². The van der Waals surface area contributed by atoms with E-state index in [0.717, 1.165) is 11.3 Å². The van der Waals surface area contributed by atoms with Gasteiger partial charge >= 0.3 is 0 Å². The van der Waals surface area contributed by atoms with Gasteiger partial charge < -0.3 is 20.9 Å². The summed E-state index contributed by atoms with van der Waals surface area (Å²) in [6.45, 7) is 5.35. The van der Waals surface area contributed by atoms with Crippen molar-refractivity contribution in [1.29, 1.82) is 0 Å². The van der Waals surface area contributed by atoms with Crippen LogP contribution in [0, 0.1) is 6.92 Å². The molecule has 21 heavy (non-hydrogen) atoms. The molecule has 4 N–H and O–H groups in total. The fourth-order valence-electron chi connectivity index (χ4n) is 2.51. The van der Waals surface area contributed by atoms with Crippen LogP contribution in [0.5, 0.6) is 0 Å². The number of nitrogens with zero attached hydrogens (tertiary/aromatic N) is 1. The molecule has 1 aromatic carbocycles. The first-order chi connectivity index (χ1) is 10.0. The molecule has 0 saturated carbocycles. The lowest BCUT2D eigenvalue weighted by atomic mass is 10.1. The van der Waals surface area contributed by atoms with Crippen LogP contribution in [0.2, 0.25) is 0 Å². The number of nitrogen functional groups attached to an aromatic ring is 1. The monoisotopic (exact) mass is 293 g/mol. The number of amides is 1. The van der Waals surface area contributed by atoms with Crippen LogP contribution < -0.4 is 11.1 Å². The molecule has 116 valence electrons. The highest BCUT2D eigenvalue weighted by atomic mass is 16.5. The molecule has 0 bridgehead atoms. The number of nitrogens with two attached hydrogens (primary N) is 1. The van der Waals surface area contributed by atoms with Crippen molar-refractivity contribution in [3.63, 3.8) is 0 Å². The molecule has 2 atom stereocenters. The number of carbonyl (C=O) groups excluding carboxylic acids is 1. The number of morpholine rings is 1. The number of anilines is 2. The quantitative estimate of drug-likeness (QED) is 0.708. The van der Waals surface area contributed by atoms with Gasteiger partial charge in [-0.2, -0.15) is 0 Å². The van der Waals surface area contributed by atoms with E-state index >= 15 is 0 Å². The van der Waals surface area contributed by atoms with Gasteiger partial charge in [0.2, 0.25) is 5.91 Å². The highest BCUT2D eigenvalue weighted by molar-refractivity contribution is 5.95. The maximum Gasteiger partial charge on any atom is 0.241 e. The molecule has 0 aliphatic carbocycles. The second-order valence-corrected chi connectivity index (χ2v) is 5.33. The molecule has 1 heterocycles. The summed E-state index contributed by atoms with van der Waals surface area (Å²) in [6.07, 6.45) is 0. The maximum absolute atomic E-state index is 12.4. The van der Waals surface area contributed by atoms with E-state index in [1.54, 1.807) is 6.07 Å². The molecule has 1 aromatic rings. The molecule has 2 rings (SSSR count). The normalized spacial score (nSPS) is 21.0. The molecule has 0 spiro atoms. The van der Waals surface area contributed by atoms with Gasteiger partial charge in [-0.15, -0.1) is 0 Å². The number of aliphatic hydroxyl groups is 1. The van der Waals surface area contributed by atoms with Crippen LogP contribution in [-0.4, -0.2) is 54.4 Å². The van der Waals surface area contributed by atoms with E-state index in [0.29, 0.717) is 25.4 Å². The molecule has 0 radical (unpaired) electrons. The summed E-state index contributed by atoms with van der Waals surface area (Å²) in [4.78, 5) is 14.4. The second kappa shape index (κ2) is 6.89. The van der Waals surface area contributed by atoms with E-state index in [4.69, 9.17) is 10.5 Å². The minimum Gasteiger partial charge on any atom is -0.398 e. The Kier molecular flexibility index (Phi) is 5.17. The Labute approximate surface area is 124 Å². The van der Waals surface area contributed by atoms with Crippen molar-refractivity contribution in [1.82, 2.24) is 4.90 Å². The van der Waals surface area contributed by atoms with Crippen LogP contribution in [0.3, 0.4) is 0 Å². The Morgan fingerprint density at radius 1 is 1.62 bits per heavy atom. The van der Waals surface area contributed by atoms with Crippen molar-refractivity contribution < 1.29 is 14.6 Å². The summed E-state index contributed by atoms with van der Waals surface area (Å²) in [7, 11) is 0. The number of rotatable bonds is 4. The third-order valence-electron chi connectivity index (χ3n) is 3.99. The number of ether oxygens (including phenoxy) is 1. The van der Waals surface area contributed by atoms with E-state index in [-0.39, 0.29) is 24.6 Å². The van der Waals surface area contributed by atoms with E-state index in [2.05, 4.69) is 5.32 Å². The minimum atomic E-state index is -0.341. The lowest BCUT2D eigenvalue weighted by molar-refractivity contribution is -0.125. The van der Waals surface area contributed by atoms with Crippen LogP contribution in [0.1, 0.15) is 12.5 Å². The summed E-state index contributed by atoms with van der Waals surface area (Å²) in [5.74, 6) is -0.107. The largest absolute Gasteiger partial charge is 0.398 e. The third-order valence-corrected chi connectivity index (χ3v) is 3.99. The third kappa shape index (κ3) is 3.53. The number of benzene rings is 1. The first-order valence-electron chi connectivity index (χ1n) is 7.15. The Bertz CT molecular complexity index is 507. The zero-order valence-corrected chi connectivity index (χ0v) is 12.5. The zero-order valence-electron chi connectivity index (χ0n) is 12.5. The van der Waals surface area contributed by atoms with Gasteiger partial charge in [0.1, 0.15) is 0 Å². The topological polar surface area (TPSA) is 87.8 Å². The van der Waals surface area contributed by atoms with Gasteiger partial charge in [0.15, 0.2) is 0 Å². The van der Waals surface area contributed by atoms with Crippen molar-refractivity contribution in [3.8, 4) is 0 Å². The van der Waals surface area contributed by atoms with Crippen LogP contribution in [0.4, 0.5) is 11.4 Å². The maximum atomic E-state index is 12.4. The summed E-state index contributed by atoms with van der Waals surface area (Å²) >= 11 is 0. The van der Waals surface area contributed by atoms with Gasteiger partial charge in [-0.3, -0.25) is 9.69 Å². The molecule has 1 aliphatic rings. The predicted octanol–water partition coefficient (Wildman–Crippen LogP) is 0.597. The van der Waals surface area contributed by atoms with Crippen LogP contribution in [-0.2, 0) is 9.53 Å². The Balaban J connectivity index is 2.06.